The second-order valence-electron chi connectivity index (χ2n) is 5.89. The Morgan fingerprint density at radius 2 is 2.04 bits per heavy atom. The van der Waals surface area contributed by atoms with Crippen molar-refractivity contribution in [3.05, 3.63) is 22.7 Å². The van der Waals surface area contributed by atoms with Crippen LogP contribution in [0.3, 0.4) is 0 Å². The largest absolute Gasteiger partial charge is 0.493 e. The fraction of sp³-hybridized carbons (Fsp3) is 0.647. The Balaban J connectivity index is 1.93. The topological polar surface area (TPSA) is 43.0 Å². The van der Waals surface area contributed by atoms with Crippen molar-refractivity contribution in [2.45, 2.75) is 26.5 Å². The SMILES string of the molecule is COc1cc(Cl)cc(CNCCN2CCOCC2)c1OC(C)C. The van der Waals surface area contributed by atoms with Crippen molar-refractivity contribution in [1.29, 1.82) is 0 Å². The number of halogens is 1. The van der Waals surface area contributed by atoms with Gasteiger partial charge in [-0.1, -0.05) is 11.6 Å². The van der Waals surface area contributed by atoms with Crippen LogP contribution < -0.4 is 14.8 Å². The molecule has 1 heterocycles. The first-order valence-electron chi connectivity index (χ1n) is 8.14. The predicted molar refractivity (Wildman–Crippen MR) is 92.7 cm³/mol. The molecule has 1 fully saturated rings. The third-order valence-electron chi connectivity index (χ3n) is 3.69. The molecule has 1 aromatic carbocycles. The first-order chi connectivity index (χ1) is 11.1. The number of ether oxygens (including phenoxy) is 3. The van der Waals surface area contributed by atoms with Gasteiger partial charge in [-0.05, 0) is 19.9 Å². The normalized spacial score (nSPS) is 15.9. The monoisotopic (exact) mass is 342 g/mol. The number of morpholine rings is 1. The van der Waals surface area contributed by atoms with Crippen LogP contribution in [0.4, 0.5) is 0 Å². The standard InChI is InChI=1S/C17H27ClN2O3/c1-13(2)23-17-14(10-15(18)11-16(17)21-3)12-19-4-5-20-6-8-22-9-7-20/h10-11,13,19H,4-9,12H2,1-3H3. The van der Waals surface area contributed by atoms with Gasteiger partial charge in [0.1, 0.15) is 0 Å². The van der Waals surface area contributed by atoms with Crippen LogP contribution in [-0.4, -0.2) is 57.5 Å². The first-order valence-corrected chi connectivity index (χ1v) is 8.52. The van der Waals surface area contributed by atoms with Gasteiger partial charge in [-0.2, -0.15) is 0 Å². The molecule has 0 aliphatic carbocycles. The highest BCUT2D eigenvalue weighted by atomic mass is 35.5. The van der Waals surface area contributed by atoms with Gasteiger partial charge in [-0.25, -0.2) is 0 Å². The van der Waals surface area contributed by atoms with Crippen molar-refractivity contribution in [3.8, 4) is 11.5 Å². The summed E-state index contributed by atoms with van der Waals surface area (Å²) in [6.45, 7) is 10.3. The summed E-state index contributed by atoms with van der Waals surface area (Å²) >= 11 is 6.19. The number of methoxy groups -OCH3 is 1. The summed E-state index contributed by atoms with van der Waals surface area (Å²) in [4.78, 5) is 2.40. The van der Waals surface area contributed by atoms with Crippen molar-refractivity contribution < 1.29 is 14.2 Å². The van der Waals surface area contributed by atoms with E-state index in [-0.39, 0.29) is 6.10 Å². The molecule has 1 aliphatic rings. The molecule has 1 aromatic rings. The average Bonchev–Trinajstić information content (AvgIpc) is 2.54. The molecular formula is C17H27ClN2O3. The minimum Gasteiger partial charge on any atom is -0.493 e. The van der Waals surface area contributed by atoms with Crippen molar-refractivity contribution in [2.24, 2.45) is 0 Å². The van der Waals surface area contributed by atoms with Gasteiger partial charge in [-0.3, -0.25) is 4.90 Å². The fourth-order valence-electron chi connectivity index (χ4n) is 2.56. The molecule has 0 spiro atoms. The number of hydrogen-bond acceptors (Lipinski definition) is 5. The summed E-state index contributed by atoms with van der Waals surface area (Å²) in [5.74, 6) is 1.45. The fourth-order valence-corrected chi connectivity index (χ4v) is 2.79. The van der Waals surface area contributed by atoms with E-state index in [1.165, 1.54) is 0 Å². The third-order valence-corrected chi connectivity index (χ3v) is 3.91. The van der Waals surface area contributed by atoms with Gasteiger partial charge in [0.15, 0.2) is 11.5 Å². The van der Waals surface area contributed by atoms with Gasteiger partial charge < -0.3 is 19.5 Å². The van der Waals surface area contributed by atoms with Gasteiger partial charge in [0.05, 0.1) is 26.4 Å². The van der Waals surface area contributed by atoms with E-state index in [4.69, 9.17) is 25.8 Å². The van der Waals surface area contributed by atoms with Crippen LogP contribution in [0.1, 0.15) is 19.4 Å². The quantitative estimate of drug-likeness (QED) is 0.735. The van der Waals surface area contributed by atoms with E-state index in [0.717, 1.165) is 50.7 Å². The minimum atomic E-state index is 0.0807. The van der Waals surface area contributed by atoms with Crippen LogP contribution in [0.5, 0.6) is 11.5 Å². The first kappa shape index (κ1) is 18.3. The average molecular weight is 343 g/mol. The zero-order valence-corrected chi connectivity index (χ0v) is 15.0. The van der Waals surface area contributed by atoms with Gasteiger partial charge >= 0.3 is 0 Å². The van der Waals surface area contributed by atoms with E-state index in [1.54, 1.807) is 13.2 Å². The molecule has 0 atom stereocenters. The molecule has 0 radical (unpaired) electrons. The van der Waals surface area contributed by atoms with Crippen LogP contribution in [0.2, 0.25) is 5.02 Å². The van der Waals surface area contributed by atoms with E-state index in [0.29, 0.717) is 17.3 Å². The number of nitrogens with zero attached hydrogens (tertiary/aromatic N) is 1. The maximum Gasteiger partial charge on any atom is 0.166 e. The van der Waals surface area contributed by atoms with Gasteiger partial charge in [0.25, 0.3) is 0 Å². The van der Waals surface area contributed by atoms with Crippen LogP contribution in [0.15, 0.2) is 12.1 Å². The molecule has 23 heavy (non-hydrogen) atoms. The molecule has 0 saturated carbocycles. The molecule has 0 unspecified atom stereocenters. The Labute approximate surface area is 143 Å². The minimum absolute atomic E-state index is 0.0807. The summed E-state index contributed by atoms with van der Waals surface area (Å²) in [5.41, 5.74) is 1.02. The molecule has 130 valence electrons. The number of rotatable bonds is 8. The van der Waals surface area contributed by atoms with Gasteiger partial charge in [0, 0.05) is 49.4 Å². The van der Waals surface area contributed by atoms with E-state index >= 15 is 0 Å². The lowest BCUT2D eigenvalue weighted by Gasteiger charge is -2.26. The molecule has 1 saturated heterocycles. The lowest BCUT2D eigenvalue weighted by atomic mass is 10.1. The predicted octanol–water partition coefficient (Wildman–Crippen LogP) is 2.56. The molecule has 2 rings (SSSR count). The zero-order chi connectivity index (χ0) is 16.7. The number of hydrogen-bond donors (Lipinski definition) is 1. The second kappa shape index (κ2) is 9.33. The van der Waals surface area contributed by atoms with Crippen molar-refractivity contribution in [2.75, 3.05) is 46.5 Å². The van der Waals surface area contributed by atoms with Crippen LogP contribution in [0, 0.1) is 0 Å². The molecule has 6 heteroatoms. The van der Waals surface area contributed by atoms with Gasteiger partial charge in [-0.15, -0.1) is 0 Å². The Kier molecular flexibility index (Phi) is 7.43. The van der Waals surface area contributed by atoms with E-state index < -0.39 is 0 Å². The summed E-state index contributed by atoms with van der Waals surface area (Å²) in [6.07, 6.45) is 0.0807. The molecule has 1 N–H and O–H groups in total. The molecule has 0 bridgehead atoms. The van der Waals surface area contributed by atoms with Crippen LogP contribution >= 0.6 is 11.6 Å². The van der Waals surface area contributed by atoms with E-state index in [2.05, 4.69) is 10.2 Å². The lowest BCUT2D eigenvalue weighted by molar-refractivity contribution is 0.0384. The highest BCUT2D eigenvalue weighted by Crippen LogP contribution is 2.35. The van der Waals surface area contributed by atoms with Crippen molar-refractivity contribution >= 4 is 11.6 Å². The maximum absolute atomic E-state index is 6.19. The zero-order valence-electron chi connectivity index (χ0n) is 14.2. The summed E-state index contributed by atoms with van der Waals surface area (Å²) in [6, 6.07) is 3.72. The number of benzene rings is 1. The Morgan fingerprint density at radius 3 is 2.70 bits per heavy atom. The lowest BCUT2D eigenvalue weighted by Crippen LogP contribution is -2.40. The number of nitrogens with one attached hydrogen (secondary N) is 1. The summed E-state index contributed by atoms with van der Waals surface area (Å²) in [5, 5.41) is 4.12. The maximum atomic E-state index is 6.19. The molecule has 0 aromatic heterocycles. The third kappa shape index (κ3) is 5.84. The Morgan fingerprint density at radius 1 is 1.30 bits per heavy atom. The molecule has 1 aliphatic heterocycles. The highest BCUT2D eigenvalue weighted by molar-refractivity contribution is 6.30. The second-order valence-corrected chi connectivity index (χ2v) is 6.33. The van der Waals surface area contributed by atoms with Crippen molar-refractivity contribution in [3.63, 3.8) is 0 Å². The van der Waals surface area contributed by atoms with E-state index in [1.807, 2.05) is 19.9 Å². The van der Waals surface area contributed by atoms with Crippen LogP contribution in [0.25, 0.3) is 0 Å². The summed E-state index contributed by atoms with van der Waals surface area (Å²) < 4.78 is 16.7. The Bertz CT molecular complexity index is 491. The molecular weight excluding hydrogens is 316 g/mol. The summed E-state index contributed by atoms with van der Waals surface area (Å²) in [7, 11) is 1.63. The highest BCUT2D eigenvalue weighted by Gasteiger charge is 2.14. The van der Waals surface area contributed by atoms with Crippen molar-refractivity contribution in [1.82, 2.24) is 10.2 Å². The Hall–Kier alpha value is -1.01. The van der Waals surface area contributed by atoms with Crippen LogP contribution in [-0.2, 0) is 11.3 Å². The van der Waals surface area contributed by atoms with Gasteiger partial charge in [0.2, 0.25) is 0 Å². The molecule has 0 amide bonds. The smallest absolute Gasteiger partial charge is 0.166 e. The molecule has 5 nitrogen and oxygen atoms in total. The van der Waals surface area contributed by atoms with E-state index in [9.17, 15) is 0 Å².